The van der Waals surface area contributed by atoms with E-state index in [0.717, 1.165) is 19.0 Å². The Bertz CT molecular complexity index is 592. The summed E-state index contributed by atoms with van der Waals surface area (Å²) in [4.78, 5) is 14.4. The summed E-state index contributed by atoms with van der Waals surface area (Å²) in [5.41, 5.74) is 0.664. The summed E-state index contributed by atoms with van der Waals surface area (Å²) in [7, 11) is 0. The molecule has 1 aliphatic heterocycles. The Balaban J connectivity index is 1.82. The molecule has 1 saturated heterocycles. The average Bonchev–Trinajstić information content (AvgIpc) is 2.70. The summed E-state index contributed by atoms with van der Waals surface area (Å²) in [6.07, 6.45) is 4.18. The Labute approximate surface area is 106 Å². The summed E-state index contributed by atoms with van der Waals surface area (Å²) in [5, 5.41) is 4.35. The lowest BCUT2D eigenvalue weighted by Gasteiger charge is -2.29. The van der Waals surface area contributed by atoms with Crippen molar-refractivity contribution in [3.05, 3.63) is 34.9 Å². The number of hydrogen-bond acceptors (Lipinski definition) is 3. The average molecular weight is 246 g/mol. The van der Waals surface area contributed by atoms with E-state index in [2.05, 4.69) is 16.9 Å². The molecule has 0 radical (unpaired) electrons. The summed E-state index contributed by atoms with van der Waals surface area (Å²) >= 11 is 0. The molecule has 0 N–H and O–H groups in total. The monoisotopic (exact) mass is 246 g/mol. The van der Waals surface area contributed by atoms with E-state index >= 15 is 0 Å². The van der Waals surface area contributed by atoms with Gasteiger partial charge in [0, 0.05) is 19.3 Å². The topological polar surface area (TPSA) is 42.5 Å². The zero-order valence-corrected chi connectivity index (χ0v) is 10.6. The number of piperidine rings is 1. The van der Waals surface area contributed by atoms with Crippen molar-refractivity contribution in [3.8, 4) is 0 Å². The maximum atomic E-state index is 12.1. The lowest BCUT2D eigenvalue weighted by molar-refractivity contribution is 0.145. The lowest BCUT2D eigenvalue weighted by Crippen LogP contribution is -2.37. The molecule has 5 nitrogen and oxygen atoms in total. The molecule has 0 unspecified atom stereocenters. The van der Waals surface area contributed by atoms with E-state index in [4.69, 9.17) is 0 Å². The van der Waals surface area contributed by atoms with E-state index in [9.17, 15) is 4.79 Å². The maximum absolute atomic E-state index is 12.1. The smallest absolute Gasteiger partial charge is 0.284 e. The van der Waals surface area contributed by atoms with Crippen molar-refractivity contribution in [2.75, 3.05) is 13.1 Å². The summed E-state index contributed by atoms with van der Waals surface area (Å²) in [6.45, 7) is 5.00. The highest BCUT2D eigenvalue weighted by Crippen LogP contribution is 2.15. The fourth-order valence-corrected chi connectivity index (χ4v) is 2.45. The van der Waals surface area contributed by atoms with Gasteiger partial charge in [-0.1, -0.05) is 13.0 Å². The highest BCUT2D eigenvalue weighted by molar-refractivity contribution is 5.35. The van der Waals surface area contributed by atoms with E-state index in [1.165, 1.54) is 12.8 Å². The van der Waals surface area contributed by atoms with Crippen LogP contribution < -0.4 is 5.69 Å². The van der Waals surface area contributed by atoms with Crippen LogP contribution in [0.3, 0.4) is 0 Å². The number of aromatic nitrogens is 3. The quantitative estimate of drug-likeness (QED) is 0.799. The van der Waals surface area contributed by atoms with Crippen molar-refractivity contribution in [2.24, 2.45) is 5.92 Å². The van der Waals surface area contributed by atoms with Gasteiger partial charge >= 0.3 is 5.69 Å². The molecule has 0 spiro atoms. The largest absolute Gasteiger partial charge is 0.351 e. The van der Waals surface area contributed by atoms with Gasteiger partial charge in [0.1, 0.15) is 0 Å². The van der Waals surface area contributed by atoms with Gasteiger partial charge in [0.15, 0.2) is 5.65 Å². The number of nitrogens with zero attached hydrogens (tertiary/aromatic N) is 4. The molecule has 1 aliphatic rings. The Kier molecular flexibility index (Phi) is 2.91. The van der Waals surface area contributed by atoms with Gasteiger partial charge in [-0.3, -0.25) is 9.30 Å². The SMILES string of the molecule is CC1CCN(Cn2nc3ccccn3c2=O)CC1. The molecular weight excluding hydrogens is 228 g/mol. The zero-order valence-electron chi connectivity index (χ0n) is 10.6. The molecule has 18 heavy (non-hydrogen) atoms. The molecule has 0 atom stereocenters. The summed E-state index contributed by atoms with van der Waals surface area (Å²) < 4.78 is 3.15. The second kappa shape index (κ2) is 4.57. The van der Waals surface area contributed by atoms with Crippen molar-refractivity contribution in [2.45, 2.75) is 26.4 Å². The van der Waals surface area contributed by atoms with Gasteiger partial charge in [-0.2, -0.15) is 4.68 Å². The van der Waals surface area contributed by atoms with E-state index in [1.807, 2.05) is 18.2 Å². The normalized spacial score (nSPS) is 18.5. The first-order chi connectivity index (χ1) is 8.74. The third-order valence-electron chi connectivity index (χ3n) is 3.70. The van der Waals surface area contributed by atoms with Gasteiger partial charge in [0.2, 0.25) is 0 Å². The molecule has 0 aliphatic carbocycles. The standard InChI is InChI=1S/C13H18N4O/c1-11-5-8-15(9-6-11)10-17-13(18)16-7-3-2-4-12(16)14-17/h2-4,7,11H,5-6,8-10H2,1H3. The maximum Gasteiger partial charge on any atom is 0.351 e. The molecule has 0 saturated carbocycles. The highest BCUT2D eigenvalue weighted by atomic mass is 16.2. The van der Waals surface area contributed by atoms with E-state index < -0.39 is 0 Å². The minimum absolute atomic E-state index is 0.0516. The number of pyridine rings is 1. The fourth-order valence-electron chi connectivity index (χ4n) is 2.45. The number of fused-ring (bicyclic) bond motifs is 1. The van der Waals surface area contributed by atoms with Gasteiger partial charge in [0.25, 0.3) is 0 Å². The van der Waals surface area contributed by atoms with Crippen LogP contribution >= 0.6 is 0 Å². The van der Waals surface area contributed by atoms with Gasteiger partial charge in [-0.25, -0.2) is 4.79 Å². The Morgan fingerprint density at radius 2 is 2.11 bits per heavy atom. The molecule has 1 fully saturated rings. The third-order valence-corrected chi connectivity index (χ3v) is 3.70. The van der Waals surface area contributed by atoms with Crippen LogP contribution in [0.15, 0.2) is 29.2 Å². The van der Waals surface area contributed by atoms with Gasteiger partial charge in [0.05, 0.1) is 6.67 Å². The van der Waals surface area contributed by atoms with Crippen LogP contribution in [0.1, 0.15) is 19.8 Å². The predicted molar refractivity (Wildman–Crippen MR) is 69.4 cm³/mol. The molecule has 3 heterocycles. The van der Waals surface area contributed by atoms with Crippen LogP contribution in [0.25, 0.3) is 5.65 Å². The summed E-state index contributed by atoms with van der Waals surface area (Å²) in [5.74, 6) is 0.805. The Morgan fingerprint density at radius 1 is 1.33 bits per heavy atom. The third kappa shape index (κ3) is 2.06. The summed E-state index contributed by atoms with van der Waals surface area (Å²) in [6, 6.07) is 5.61. The van der Waals surface area contributed by atoms with Crippen LogP contribution in [0.4, 0.5) is 0 Å². The van der Waals surface area contributed by atoms with Gasteiger partial charge in [-0.15, -0.1) is 5.10 Å². The minimum Gasteiger partial charge on any atom is -0.284 e. The molecule has 96 valence electrons. The first-order valence-corrected chi connectivity index (χ1v) is 6.50. The van der Waals surface area contributed by atoms with Crippen molar-refractivity contribution in [1.82, 2.24) is 19.1 Å². The van der Waals surface area contributed by atoms with E-state index in [0.29, 0.717) is 12.3 Å². The Morgan fingerprint density at radius 3 is 2.83 bits per heavy atom. The molecular formula is C13H18N4O. The van der Waals surface area contributed by atoms with Gasteiger partial charge < -0.3 is 0 Å². The Hall–Kier alpha value is -1.62. The van der Waals surface area contributed by atoms with Crippen LogP contribution in [-0.2, 0) is 6.67 Å². The lowest BCUT2D eigenvalue weighted by atomic mass is 10.00. The highest BCUT2D eigenvalue weighted by Gasteiger charge is 2.17. The van der Waals surface area contributed by atoms with E-state index in [1.54, 1.807) is 15.3 Å². The van der Waals surface area contributed by atoms with Crippen LogP contribution in [0, 0.1) is 5.92 Å². The van der Waals surface area contributed by atoms with E-state index in [-0.39, 0.29) is 5.69 Å². The molecule has 0 aromatic carbocycles. The minimum atomic E-state index is -0.0516. The predicted octanol–water partition coefficient (Wildman–Crippen LogP) is 1.19. The van der Waals surface area contributed by atoms with Crippen molar-refractivity contribution >= 4 is 5.65 Å². The molecule has 2 aromatic rings. The molecule has 0 amide bonds. The van der Waals surface area contributed by atoms with Crippen LogP contribution in [0.5, 0.6) is 0 Å². The number of hydrogen-bond donors (Lipinski definition) is 0. The first kappa shape index (κ1) is 11.5. The number of rotatable bonds is 2. The fraction of sp³-hybridized carbons (Fsp3) is 0.538. The van der Waals surface area contributed by atoms with Crippen molar-refractivity contribution in [1.29, 1.82) is 0 Å². The zero-order chi connectivity index (χ0) is 12.5. The molecule has 0 bridgehead atoms. The molecule has 5 heteroatoms. The second-order valence-electron chi connectivity index (χ2n) is 5.15. The molecule has 2 aromatic heterocycles. The molecule has 3 rings (SSSR count). The van der Waals surface area contributed by atoms with Crippen LogP contribution in [-0.4, -0.2) is 32.2 Å². The second-order valence-corrected chi connectivity index (χ2v) is 5.15. The van der Waals surface area contributed by atoms with Crippen molar-refractivity contribution < 1.29 is 0 Å². The van der Waals surface area contributed by atoms with Crippen molar-refractivity contribution in [3.63, 3.8) is 0 Å². The number of likely N-dealkylation sites (tertiary alicyclic amines) is 1. The van der Waals surface area contributed by atoms with Gasteiger partial charge in [-0.05, 0) is 30.9 Å². The van der Waals surface area contributed by atoms with Crippen LogP contribution in [0.2, 0.25) is 0 Å². The first-order valence-electron chi connectivity index (χ1n) is 6.50.